The lowest BCUT2D eigenvalue weighted by atomic mass is 10.0. The minimum absolute atomic E-state index is 0.0892. The van der Waals surface area contributed by atoms with E-state index >= 15 is 0 Å². The van der Waals surface area contributed by atoms with Gasteiger partial charge in [-0.3, -0.25) is 4.79 Å². The highest BCUT2D eigenvalue weighted by Crippen LogP contribution is 2.21. The average Bonchev–Trinajstić information content (AvgIpc) is 3.28. The summed E-state index contributed by atoms with van der Waals surface area (Å²) in [4.78, 5) is 15.4. The number of aryl methyl sites for hydroxylation is 1. The summed E-state index contributed by atoms with van der Waals surface area (Å²) >= 11 is 0. The van der Waals surface area contributed by atoms with Crippen molar-refractivity contribution in [3.05, 3.63) is 120 Å². The fourth-order valence-electron chi connectivity index (χ4n) is 4.17. The molecule has 0 atom stereocenters. The van der Waals surface area contributed by atoms with Crippen molar-refractivity contribution in [3.8, 4) is 11.1 Å². The first-order valence-corrected chi connectivity index (χ1v) is 11.8. The zero-order chi connectivity index (χ0) is 23.0. The second-order valence-corrected chi connectivity index (χ2v) is 8.64. The van der Waals surface area contributed by atoms with Gasteiger partial charge in [0.15, 0.2) is 0 Å². The van der Waals surface area contributed by atoms with Gasteiger partial charge in [0.05, 0.1) is 6.54 Å². The smallest absolute Gasteiger partial charge is 0.254 e. The van der Waals surface area contributed by atoms with Crippen molar-refractivity contribution in [2.24, 2.45) is 0 Å². The van der Waals surface area contributed by atoms with Crippen molar-refractivity contribution >= 4 is 5.91 Å². The highest BCUT2D eigenvalue weighted by Gasteiger charge is 2.17. The lowest BCUT2D eigenvalue weighted by Gasteiger charge is -2.24. The number of aromatic nitrogens is 1. The molecule has 4 aromatic rings. The molecule has 3 nitrogen and oxygen atoms in total. The Morgan fingerprint density at radius 2 is 1.61 bits per heavy atom. The van der Waals surface area contributed by atoms with Crippen molar-refractivity contribution in [2.75, 3.05) is 6.54 Å². The van der Waals surface area contributed by atoms with Gasteiger partial charge in [-0.25, -0.2) is 0 Å². The zero-order valence-corrected chi connectivity index (χ0v) is 19.6. The van der Waals surface area contributed by atoms with E-state index in [2.05, 4.69) is 73.1 Å². The second kappa shape index (κ2) is 10.8. The Labute approximate surface area is 197 Å². The van der Waals surface area contributed by atoms with Gasteiger partial charge >= 0.3 is 0 Å². The SMILES string of the molecule is CCCCN(Cc1cccn1Cc1cccc(C)c1)C(=O)c1ccc(-c2ccccc2)cc1. The maximum absolute atomic E-state index is 13.5. The number of carbonyl (C=O) groups is 1. The lowest BCUT2D eigenvalue weighted by Crippen LogP contribution is -2.32. The van der Waals surface area contributed by atoms with Crippen LogP contribution in [0.25, 0.3) is 11.1 Å². The Morgan fingerprint density at radius 3 is 2.33 bits per heavy atom. The van der Waals surface area contributed by atoms with Crippen LogP contribution in [0, 0.1) is 6.92 Å². The number of amides is 1. The molecule has 3 heteroatoms. The summed E-state index contributed by atoms with van der Waals surface area (Å²) in [7, 11) is 0. The van der Waals surface area contributed by atoms with Crippen LogP contribution in [0.2, 0.25) is 0 Å². The molecule has 0 radical (unpaired) electrons. The third-order valence-electron chi connectivity index (χ3n) is 6.02. The minimum atomic E-state index is 0.0892. The molecule has 0 aliphatic carbocycles. The van der Waals surface area contributed by atoms with Crippen molar-refractivity contribution in [2.45, 2.75) is 39.8 Å². The van der Waals surface area contributed by atoms with Gasteiger partial charge in [-0.05, 0) is 54.3 Å². The van der Waals surface area contributed by atoms with E-state index in [9.17, 15) is 4.79 Å². The van der Waals surface area contributed by atoms with Crippen LogP contribution in [0.1, 0.15) is 46.9 Å². The summed E-state index contributed by atoms with van der Waals surface area (Å²) in [6, 6.07) is 31.1. The first kappa shape index (κ1) is 22.6. The summed E-state index contributed by atoms with van der Waals surface area (Å²) in [6.07, 6.45) is 4.16. The van der Waals surface area contributed by atoms with Gasteiger partial charge in [-0.1, -0.05) is 85.6 Å². The van der Waals surface area contributed by atoms with Crippen molar-refractivity contribution < 1.29 is 4.79 Å². The molecule has 0 aliphatic heterocycles. The summed E-state index contributed by atoms with van der Waals surface area (Å²) in [5.74, 6) is 0.0892. The van der Waals surface area contributed by atoms with Crippen molar-refractivity contribution in [1.29, 1.82) is 0 Å². The molecule has 0 N–H and O–H groups in total. The second-order valence-electron chi connectivity index (χ2n) is 8.64. The third-order valence-corrected chi connectivity index (χ3v) is 6.02. The van der Waals surface area contributed by atoms with Gasteiger partial charge in [-0.2, -0.15) is 0 Å². The highest BCUT2D eigenvalue weighted by molar-refractivity contribution is 5.94. The first-order chi connectivity index (χ1) is 16.1. The Bertz CT molecular complexity index is 1180. The van der Waals surface area contributed by atoms with Crippen LogP contribution in [0.15, 0.2) is 97.2 Å². The summed E-state index contributed by atoms with van der Waals surface area (Å²) in [6.45, 7) is 6.46. The number of hydrogen-bond donors (Lipinski definition) is 0. The Hall–Kier alpha value is -3.59. The molecule has 0 saturated heterocycles. The van der Waals surface area contributed by atoms with Crippen LogP contribution >= 0.6 is 0 Å². The third kappa shape index (κ3) is 5.81. The number of hydrogen-bond acceptors (Lipinski definition) is 1. The molecular formula is C30H32N2O. The van der Waals surface area contributed by atoms with Crippen LogP contribution in [0.4, 0.5) is 0 Å². The quantitative estimate of drug-likeness (QED) is 0.278. The van der Waals surface area contributed by atoms with Gasteiger partial charge in [0, 0.05) is 30.5 Å². The van der Waals surface area contributed by atoms with Gasteiger partial charge in [0.25, 0.3) is 5.91 Å². The Kier molecular flexibility index (Phi) is 7.41. The van der Waals surface area contributed by atoms with Gasteiger partial charge in [-0.15, -0.1) is 0 Å². The predicted octanol–water partition coefficient (Wildman–Crippen LogP) is 6.95. The number of benzene rings is 3. The molecular weight excluding hydrogens is 404 g/mol. The predicted molar refractivity (Wildman–Crippen MR) is 136 cm³/mol. The normalized spacial score (nSPS) is 10.8. The molecule has 1 heterocycles. The maximum atomic E-state index is 13.5. The van der Waals surface area contributed by atoms with Crippen LogP contribution < -0.4 is 0 Å². The number of carbonyl (C=O) groups excluding carboxylic acids is 1. The van der Waals surface area contributed by atoms with E-state index in [1.807, 2.05) is 47.4 Å². The number of unbranched alkanes of at least 4 members (excludes halogenated alkanes) is 1. The van der Waals surface area contributed by atoms with E-state index in [1.165, 1.54) is 11.1 Å². The molecule has 0 aliphatic rings. The fourth-order valence-corrected chi connectivity index (χ4v) is 4.17. The van der Waals surface area contributed by atoms with Crippen LogP contribution in [-0.4, -0.2) is 21.9 Å². The van der Waals surface area contributed by atoms with E-state index in [1.54, 1.807) is 0 Å². The Balaban J connectivity index is 1.52. The van der Waals surface area contributed by atoms with Crippen LogP contribution in [0.5, 0.6) is 0 Å². The maximum Gasteiger partial charge on any atom is 0.254 e. The molecule has 1 amide bonds. The molecule has 0 fully saturated rings. The van der Waals surface area contributed by atoms with E-state index in [-0.39, 0.29) is 5.91 Å². The fraction of sp³-hybridized carbons (Fsp3) is 0.233. The van der Waals surface area contributed by atoms with Crippen LogP contribution in [-0.2, 0) is 13.1 Å². The molecule has 0 bridgehead atoms. The van der Waals surface area contributed by atoms with E-state index in [0.717, 1.165) is 48.3 Å². The molecule has 0 saturated carbocycles. The first-order valence-electron chi connectivity index (χ1n) is 11.8. The molecule has 0 spiro atoms. The van der Waals surface area contributed by atoms with E-state index in [0.29, 0.717) is 6.54 Å². The Morgan fingerprint density at radius 1 is 0.848 bits per heavy atom. The highest BCUT2D eigenvalue weighted by atomic mass is 16.2. The van der Waals surface area contributed by atoms with Gasteiger partial charge < -0.3 is 9.47 Å². The summed E-state index contributed by atoms with van der Waals surface area (Å²) < 4.78 is 2.25. The summed E-state index contributed by atoms with van der Waals surface area (Å²) in [5.41, 5.74) is 6.72. The molecule has 3 aromatic carbocycles. The number of rotatable bonds is 9. The monoisotopic (exact) mass is 436 g/mol. The standard InChI is InChI=1S/C30H32N2O/c1-3-4-19-32(23-29-14-9-20-31(29)22-25-11-8-10-24(2)21-25)30(33)28-17-15-27(16-18-28)26-12-6-5-7-13-26/h5-18,20-21H,3-4,19,22-23H2,1-2H3. The zero-order valence-electron chi connectivity index (χ0n) is 19.6. The molecule has 168 valence electrons. The van der Waals surface area contributed by atoms with Gasteiger partial charge in [0.2, 0.25) is 0 Å². The molecule has 33 heavy (non-hydrogen) atoms. The molecule has 0 unspecified atom stereocenters. The summed E-state index contributed by atoms with van der Waals surface area (Å²) in [5, 5.41) is 0. The average molecular weight is 437 g/mol. The van der Waals surface area contributed by atoms with Gasteiger partial charge in [0.1, 0.15) is 0 Å². The number of nitrogens with zero attached hydrogens (tertiary/aromatic N) is 2. The lowest BCUT2D eigenvalue weighted by molar-refractivity contribution is 0.0737. The van der Waals surface area contributed by atoms with Crippen molar-refractivity contribution in [1.82, 2.24) is 9.47 Å². The largest absolute Gasteiger partial charge is 0.345 e. The van der Waals surface area contributed by atoms with Crippen LogP contribution in [0.3, 0.4) is 0 Å². The minimum Gasteiger partial charge on any atom is -0.345 e. The molecule has 4 rings (SSSR count). The molecule has 1 aromatic heterocycles. The van der Waals surface area contributed by atoms with E-state index < -0.39 is 0 Å². The van der Waals surface area contributed by atoms with Crippen molar-refractivity contribution in [3.63, 3.8) is 0 Å². The van der Waals surface area contributed by atoms with E-state index in [4.69, 9.17) is 0 Å². The topological polar surface area (TPSA) is 25.2 Å².